The molecule has 1 aromatic carbocycles. The first-order valence-corrected chi connectivity index (χ1v) is 10.1. The van der Waals surface area contributed by atoms with E-state index < -0.39 is 36.9 Å². The maximum atomic E-state index is 12.1. The molecule has 0 spiro atoms. The second kappa shape index (κ2) is 11.2. The van der Waals surface area contributed by atoms with Crippen molar-refractivity contribution in [2.45, 2.75) is 58.1 Å². The highest BCUT2D eigenvalue weighted by Crippen LogP contribution is 2.28. The van der Waals surface area contributed by atoms with Gasteiger partial charge in [-0.2, -0.15) is 0 Å². The summed E-state index contributed by atoms with van der Waals surface area (Å²) in [6, 6.07) is 4.59. The molecule has 0 aromatic heterocycles. The molecule has 1 aromatic rings. The molecule has 31 heavy (non-hydrogen) atoms. The molecule has 10 heteroatoms. The highest BCUT2D eigenvalue weighted by molar-refractivity contribution is 5.72. The van der Waals surface area contributed by atoms with Crippen LogP contribution in [0.2, 0.25) is 0 Å². The predicted molar refractivity (Wildman–Crippen MR) is 102 cm³/mol. The number of ether oxygens (including phenoxy) is 4. The van der Waals surface area contributed by atoms with Gasteiger partial charge in [-0.15, -0.1) is 13.2 Å². The van der Waals surface area contributed by atoms with Crippen molar-refractivity contribution < 1.29 is 46.8 Å². The normalized spacial score (nSPS) is 22.3. The number of halogens is 3. The van der Waals surface area contributed by atoms with Crippen molar-refractivity contribution in [3.63, 3.8) is 0 Å². The lowest BCUT2D eigenvalue weighted by Gasteiger charge is -2.32. The molecule has 4 atom stereocenters. The van der Waals surface area contributed by atoms with Gasteiger partial charge in [0, 0.05) is 0 Å². The molecule has 1 N–H and O–H groups in total. The van der Waals surface area contributed by atoms with E-state index in [1.807, 2.05) is 6.92 Å². The van der Waals surface area contributed by atoms with Gasteiger partial charge in [-0.1, -0.05) is 13.8 Å². The van der Waals surface area contributed by atoms with Crippen LogP contribution in [0.4, 0.5) is 13.2 Å². The average Bonchev–Trinajstić information content (AvgIpc) is 2.71. The number of benzene rings is 1. The first-order chi connectivity index (χ1) is 14.6. The molecular weight excluding hydrogens is 421 g/mol. The van der Waals surface area contributed by atoms with Crippen LogP contribution in [-0.4, -0.2) is 48.8 Å². The Morgan fingerprint density at radius 3 is 2.39 bits per heavy atom. The summed E-state index contributed by atoms with van der Waals surface area (Å²) >= 11 is 0. The quantitative estimate of drug-likeness (QED) is 0.577. The van der Waals surface area contributed by atoms with E-state index in [4.69, 9.17) is 14.2 Å². The van der Waals surface area contributed by atoms with E-state index in [0.29, 0.717) is 25.7 Å². The summed E-state index contributed by atoms with van der Waals surface area (Å²) in [5, 5.41) is 10.3. The molecule has 1 saturated carbocycles. The smallest absolute Gasteiger partial charge is 0.482 e. The molecule has 0 heterocycles. The lowest BCUT2D eigenvalue weighted by atomic mass is 9.86. The van der Waals surface area contributed by atoms with Crippen molar-refractivity contribution in [2.24, 2.45) is 11.8 Å². The lowest BCUT2D eigenvalue weighted by Crippen LogP contribution is -2.39. The maximum Gasteiger partial charge on any atom is 0.573 e. The molecule has 1 fully saturated rings. The number of carbonyl (C=O) groups is 2. The van der Waals surface area contributed by atoms with Crippen LogP contribution in [0.1, 0.15) is 39.5 Å². The van der Waals surface area contributed by atoms with E-state index in [-0.39, 0.29) is 30.2 Å². The van der Waals surface area contributed by atoms with Crippen LogP contribution in [-0.2, 0) is 19.1 Å². The van der Waals surface area contributed by atoms with Crippen molar-refractivity contribution in [1.29, 1.82) is 0 Å². The van der Waals surface area contributed by atoms with Gasteiger partial charge in [0.2, 0.25) is 0 Å². The number of alkyl halides is 3. The van der Waals surface area contributed by atoms with Gasteiger partial charge in [-0.25, -0.2) is 4.79 Å². The topological polar surface area (TPSA) is 91.3 Å². The van der Waals surface area contributed by atoms with Crippen LogP contribution in [0.15, 0.2) is 24.3 Å². The van der Waals surface area contributed by atoms with Crippen LogP contribution in [0, 0.1) is 11.8 Å². The molecule has 174 valence electrons. The van der Waals surface area contributed by atoms with Crippen molar-refractivity contribution in [3.05, 3.63) is 24.3 Å². The predicted octanol–water partition coefficient (Wildman–Crippen LogP) is 3.63. The summed E-state index contributed by atoms with van der Waals surface area (Å²) in [6.07, 6.45) is -4.29. The van der Waals surface area contributed by atoms with Gasteiger partial charge in [0.25, 0.3) is 0 Å². The van der Waals surface area contributed by atoms with Gasteiger partial charge in [0.15, 0.2) is 6.61 Å². The minimum atomic E-state index is -4.79. The highest BCUT2D eigenvalue weighted by atomic mass is 19.4. The standard InChI is InChI=1S/C21H27F3O7/c1-3-13(2)20(27)29-11-14-4-9-18(17(25)10-14)30-19(26)12-28-15-5-7-16(8-6-15)31-21(22,23)24/h5-8,13-14,17-18,25H,3-4,9-12H2,1-2H3. The Morgan fingerprint density at radius 1 is 1.16 bits per heavy atom. The minimum absolute atomic E-state index is 0.00774. The van der Waals surface area contributed by atoms with Crippen LogP contribution in [0.25, 0.3) is 0 Å². The number of aliphatic hydroxyl groups excluding tert-OH is 1. The third kappa shape index (κ3) is 8.64. The number of hydrogen-bond donors (Lipinski definition) is 1. The van der Waals surface area contributed by atoms with Crippen LogP contribution < -0.4 is 9.47 Å². The fourth-order valence-electron chi connectivity index (χ4n) is 3.08. The van der Waals surface area contributed by atoms with Gasteiger partial charge >= 0.3 is 18.3 Å². The van der Waals surface area contributed by atoms with Crippen LogP contribution >= 0.6 is 0 Å². The SMILES string of the molecule is CCC(C)C(=O)OCC1CCC(OC(=O)COc2ccc(OC(F)(F)F)cc2)C(O)C1. The molecule has 2 rings (SSSR count). The molecule has 1 aliphatic carbocycles. The molecule has 0 aliphatic heterocycles. The van der Waals surface area contributed by atoms with Gasteiger partial charge in [-0.05, 0) is 55.9 Å². The number of aliphatic hydroxyl groups is 1. The second-order valence-corrected chi connectivity index (χ2v) is 7.52. The summed E-state index contributed by atoms with van der Waals surface area (Å²) in [5.41, 5.74) is 0. The van der Waals surface area contributed by atoms with Crippen LogP contribution in [0.5, 0.6) is 11.5 Å². The van der Waals surface area contributed by atoms with Gasteiger partial charge in [-0.3, -0.25) is 4.79 Å². The average molecular weight is 448 g/mol. The third-order valence-corrected chi connectivity index (χ3v) is 5.04. The van der Waals surface area contributed by atoms with E-state index in [0.717, 1.165) is 12.1 Å². The monoisotopic (exact) mass is 448 g/mol. The Hall–Kier alpha value is -2.49. The van der Waals surface area contributed by atoms with E-state index in [1.165, 1.54) is 12.1 Å². The first kappa shape index (κ1) is 24.8. The largest absolute Gasteiger partial charge is 0.573 e. The molecule has 1 aliphatic rings. The van der Waals surface area contributed by atoms with Gasteiger partial charge in [0.05, 0.1) is 18.6 Å². The molecule has 0 radical (unpaired) electrons. The number of hydrogen-bond acceptors (Lipinski definition) is 7. The molecule has 4 unspecified atom stereocenters. The summed E-state index contributed by atoms with van der Waals surface area (Å²) in [6.45, 7) is 3.45. The number of esters is 2. The fourth-order valence-corrected chi connectivity index (χ4v) is 3.08. The van der Waals surface area contributed by atoms with Crippen molar-refractivity contribution in [3.8, 4) is 11.5 Å². The summed E-state index contributed by atoms with van der Waals surface area (Å²) in [4.78, 5) is 23.7. The van der Waals surface area contributed by atoms with Gasteiger partial charge < -0.3 is 24.1 Å². The van der Waals surface area contributed by atoms with E-state index in [2.05, 4.69) is 4.74 Å². The summed E-state index contributed by atoms with van der Waals surface area (Å²) in [7, 11) is 0. The third-order valence-electron chi connectivity index (χ3n) is 5.04. The number of rotatable bonds is 9. The zero-order chi connectivity index (χ0) is 23.0. The Bertz CT molecular complexity index is 721. The van der Waals surface area contributed by atoms with Crippen molar-refractivity contribution >= 4 is 11.9 Å². The van der Waals surface area contributed by atoms with E-state index >= 15 is 0 Å². The molecule has 0 amide bonds. The summed E-state index contributed by atoms with van der Waals surface area (Å²) < 4.78 is 55.9. The Labute approximate surface area is 178 Å². The minimum Gasteiger partial charge on any atom is -0.482 e. The summed E-state index contributed by atoms with van der Waals surface area (Å²) in [5.74, 6) is -1.39. The Kier molecular flexibility index (Phi) is 8.97. The van der Waals surface area contributed by atoms with Crippen molar-refractivity contribution in [2.75, 3.05) is 13.2 Å². The fraction of sp³-hybridized carbons (Fsp3) is 0.619. The zero-order valence-corrected chi connectivity index (χ0v) is 17.4. The molecule has 0 saturated heterocycles. The Morgan fingerprint density at radius 2 is 1.81 bits per heavy atom. The Balaban J connectivity index is 1.71. The lowest BCUT2D eigenvalue weighted by molar-refractivity contribution is -0.274. The second-order valence-electron chi connectivity index (χ2n) is 7.52. The molecule has 7 nitrogen and oxygen atoms in total. The molecule has 0 bridgehead atoms. The van der Waals surface area contributed by atoms with Crippen molar-refractivity contribution in [1.82, 2.24) is 0 Å². The van der Waals surface area contributed by atoms with Crippen LogP contribution in [0.3, 0.4) is 0 Å². The van der Waals surface area contributed by atoms with Gasteiger partial charge in [0.1, 0.15) is 17.6 Å². The number of carbonyl (C=O) groups excluding carboxylic acids is 2. The zero-order valence-electron chi connectivity index (χ0n) is 17.4. The highest BCUT2D eigenvalue weighted by Gasteiger charge is 2.33. The van der Waals surface area contributed by atoms with E-state index in [9.17, 15) is 27.9 Å². The maximum absolute atomic E-state index is 12.1. The van der Waals surface area contributed by atoms with E-state index in [1.54, 1.807) is 6.92 Å². The first-order valence-electron chi connectivity index (χ1n) is 10.1. The molecular formula is C21H27F3O7.